The molecule has 368 valence electrons. The summed E-state index contributed by atoms with van der Waals surface area (Å²) in [6.07, 6.45) is 66.4. The minimum atomic E-state index is -0.809. The lowest BCUT2D eigenvalue weighted by Crippen LogP contribution is -2.46. The smallest absolute Gasteiger partial charge is 0.306 e. The third-order valence-corrected chi connectivity index (χ3v) is 11.8. The lowest BCUT2D eigenvalue weighted by Gasteiger charge is -2.24. The molecule has 0 aliphatic heterocycles. The first-order valence-electron chi connectivity index (χ1n) is 26.8. The molecule has 0 aliphatic rings. The number of allylic oxidation sites excluding steroid dienone is 14. The van der Waals surface area contributed by atoms with Crippen LogP contribution in [-0.2, 0) is 14.3 Å². The molecule has 0 bridgehead atoms. The van der Waals surface area contributed by atoms with Gasteiger partial charge < -0.3 is 20.3 Å². The highest BCUT2D eigenvalue weighted by Crippen LogP contribution is 2.16. The van der Waals surface area contributed by atoms with Gasteiger partial charge in [-0.1, -0.05) is 228 Å². The van der Waals surface area contributed by atoms with E-state index in [9.17, 15) is 19.8 Å². The molecule has 3 N–H and O–H groups in total. The van der Waals surface area contributed by atoms with E-state index in [1.807, 2.05) is 0 Å². The van der Waals surface area contributed by atoms with Gasteiger partial charge >= 0.3 is 5.97 Å². The van der Waals surface area contributed by atoms with Gasteiger partial charge in [0.25, 0.3) is 0 Å². The minimum Gasteiger partial charge on any atom is -0.462 e. The Labute approximate surface area is 395 Å². The molecule has 0 rings (SSSR count). The fourth-order valence-electron chi connectivity index (χ4n) is 7.66. The van der Waals surface area contributed by atoms with Crippen molar-refractivity contribution in [1.29, 1.82) is 0 Å². The van der Waals surface area contributed by atoms with E-state index in [0.717, 1.165) is 96.3 Å². The maximum Gasteiger partial charge on any atom is 0.306 e. The minimum absolute atomic E-state index is 0.0277. The Hall–Kier alpha value is -2.96. The first-order valence-corrected chi connectivity index (χ1v) is 26.8. The second-order valence-corrected chi connectivity index (χ2v) is 18.0. The van der Waals surface area contributed by atoms with Gasteiger partial charge in [-0.3, -0.25) is 9.59 Å². The average Bonchev–Trinajstić information content (AvgIpc) is 3.29. The van der Waals surface area contributed by atoms with E-state index in [1.54, 1.807) is 0 Å². The molecule has 0 heterocycles. The van der Waals surface area contributed by atoms with Gasteiger partial charge in [-0.05, 0) is 89.9 Å². The van der Waals surface area contributed by atoms with Gasteiger partial charge in [0.15, 0.2) is 0 Å². The Morgan fingerprint density at radius 2 is 0.875 bits per heavy atom. The monoisotopic (exact) mass is 892 g/mol. The number of rotatable bonds is 47. The predicted octanol–water partition coefficient (Wildman–Crippen LogP) is 16.3. The Morgan fingerprint density at radius 3 is 1.39 bits per heavy atom. The first kappa shape index (κ1) is 61.0. The van der Waals surface area contributed by atoms with Crippen LogP contribution in [0.25, 0.3) is 0 Å². The largest absolute Gasteiger partial charge is 0.462 e. The molecule has 64 heavy (non-hydrogen) atoms. The summed E-state index contributed by atoms with van der Waals surface area (Å²) < 4.78 is 5.91. The maximum absolute atomic E-state index is 13.2. The van der Waals surface area contributed by atoms with E-state index in [4.69, 9.17) is 4.74 Å². The number of hydrogen-bond acceptors (Lipinski definition) is 5. The highest BCUT2D eigenvalue weighted by molar-refractivity contribution is 5.77. The number of amides is 1. The van der Waals surface area contributed by atoms with Crippen LogP contribution in [0.1, 0.15) is 245 Å². The van der Waals surface area contributed by atoms with Crippen molar-refractivity contribution in [1.82, 2.24) is 5.32 Å². The van der Waals surface area contributed by atoms with Crippen LogP contribution in [-0.4, -0.2) is 46.9 Å². The van der Waals surface area contributed by atoms with E-state index >= 15 is 0 Å². The fourth-order valence-corrected chi connectivity index (χ4v) is 7.66. The number of aliphatic hydroxyl groups is 2. The molecule has 3 atom stereocenters. The molecule has 3 unspecified atom stereocenters. The SMILES string of the molecule is CCCCC/C=C\C/C=C\C/C=C\C/C=C\CCCC(CC(=O)NC(CO)C(O)CCCCCCCCCCCC)OC(=O)CCCCCCC/C=C/C=C/C=C/CCCCCCC. The number of carbonyl (C=O) groups is 2. The van der Waals surface area contributed by atoms with Gasteiger partial charge in [0.1, 0.15) is 6.10 Å². The molecule has 0 radical (unpaired) electrons. The molecule has 0 saturated carbocycles. The average molecular weight is 892 g/mol. The maximum atomic E-state index is 13.2. The van der Waals surface area contributed by atoms with Crippen LogP contribution in [0.3, 0.4) is 0 Å². The summed E-state index contributed by atoms with van der Waals surface area (Å²) >= 11 is 0. The normalized spacial score (nSPS) is 13.9. The zero-order chi connectivity index (χ0) is 46.7. The molecule has 0 spiro atoms. The van der Waals surface area contributed by atoms with Gasteiger partial charge in [-0.2, -0.15) is 0 Å². The summed E-state index contributed by atoms with van der Waals surface area (Å²) in [7, 11) is 0. The summed E-state index contributed by atoms with van der Waals surface area (Å²) in [4.78, 5) is 26.2. The summed E-state index contributed by atoms with van der Waals surface area (Å²) in [5, 5.41) is 23.7. The molecule has 0 saturated heterocycles. The van der Waals surface area contributed by atoms with Crippen molar-refractivity contribution in [2.45, 2.75) is 264 Å². The molecule has 0 aromatic carbocycles. The zero-order valence-electron chi connectivity index (χ0n) is 41.9. The second-order valence-electron chi connectivity index (χ2n) is 18.0. The standard InChI is InChI=1S/C58H101NO5/c1-4-7-10-13-16-19-22-24-26-28-30-32-34-36-39-42-45-48-51-58(63)64-54(49-46-43-40-37-35-33-31-29-27-25-23-20-17-14-11-8-5-2)52-57(62)59-55(53-60)56(61)50-47-44-41-38-21-18-15-12-9-6-3/h17,20,22,24-28,30-33,37,40,54-56,60-61H,4-16,18-19,21,23,29,34-36,38-39,41-53H2,1-3H3,(H,59,62)/b20-17-,24-22+,27-25-,28-26+,32-30+,33-31-,40-37-. The Morgan fingerprint density at radius 1 is 0.469 bits per heavy atom. The molecule has 0 aromatic rings. The van der Waals surface area contributed by atoms with Crippen LogP contribution < -0.4 is 5.32 Å². The number of hydrogen-bond donors (Lipinski definition) is 3. The van der Waals surface area contributed by atoms with Crippen molar-refractivity contribution in [2.24, 2.45) is 0 Å². The van der Waals surface area contributed by atoms with Crippen LogP contribution in [0.2, 0.25) is 0 Å². The number of carbonyl (C=O) groups excluding carboxylic acids is 2. The molecular weight excluding hydrogens is 791 g/mol. The van der Waals surface area contributed by atoms with E-state index in [2.05, 4.69) is 111 Å². The van der Waals surface area contributed by atoms with Crippen LogP contribution >= 0.6 is 0 Å². The zero-order valence-corrected chi connectivity index (χ0v) is 41.9. The lowest BCUT2D eigenvalue weighted by molar-refractivity contribution is -0.151. The van der Waals surface area contributed by atoms with Crippen molar-refractivity contribution in [2.75, 3.05) is 6.61 Å². The summed E-state index contributed by atoms with van der Waals surface area (Å²) in [5.41, 5.74) is 0. The molecule has 0 aliphatic carbocycles. The Bertz CT molecular complexity index is 1230. The molecule has 0 fully saturated rings. The molecule has 6 heteroatoms. The number of nitrogens with one attached hydrogen (secondary N) is 1. The topological polar surface area (TPSA) is 95.9 Å². The third kappa shape index (κ3) is 45.6. The van der Waals surface area contributed by atoms with Crippen molar-refractivity contribution >= 4 is 11.9 Å². The van der Waals surface area contributed by atoms with Crippen molar-refractivity contribution in [3.05, 3.63) is 85.1 Å². The molecule has 0 aromatic heterocycles. The number of aliphatic hydroxyl groups excluding tert-OH is 2. The Kier molecular flexibility index (Phi) is 48.7. The van der Waals surface area contributed by atoms with Crippen molar-refractivity contribution < 1.29 is 24.5 Å². The van der Waals surface area contributed by atoms with Crippen LogP contribution in [0.5, 0.6) is 0 Å². The van der Waals surface area contributed by atoms with Crippen LogP contribution in [0, 0.1) is 0 Å². The van der Waals surface area contributed by atoms with Crippen LogP contribution in [0.4, 0.5) is 0 Å². The second kappa shape index (κ2) is 51.0. The van der Waals surface area contributed by atoms with E-state index < -0.39 is 18.2 Å². The van der Waals surface area contributed by atoms with E-state index in [1.165, 1.54) is 103 Å². The third-order valence-electron chi connectivity index (χ3n) is 11.8. The van der Waals surface area contributed by atoms with Crippen molar-refractivity contribution in [3.63, 3.8) is 0 Å². The predicted molar refractivity (Wildman–Crippen MR) is 278 cm³/mol. The Balaban J connectivity index is 4.73. The number of unbranched alkanes of at least 4 members (excludes halogenated alkanes) is 23. The van der Waals surface area contributed by atoms with Crippen molar-refractivity contribution in [3.8, 4) is 0 Å². The summed E-state index contributed by atoms with van der Waals surface area (Å²) in [6.45, 7) is 6.40. The van der Waals surface area contributed by atoms with Crippen LogP contribution in [0.15, 0.2) is 85.1 Å². The highest BCUT2D eigenvalue weighted by atomic mass is 16.5. The number of ether oxygens (including phenoxy) is 1. The van der Waals surface area contributed by atoms with Gasteiger partial charge in [-0.25, -0.2) is 0 Å². The molecule has 1 amide bonds. The van der Waals surface area contributed by atoms with Gasteiger partial charge in [0, 0.05) is 6.42 Å². The summed E-state index contributed by atoms with van der Waals surface area (Å²) in [6, 6.07) is -0.727. The summed E-state index contributed by atoms with van der Waals surface area (Å²) in [5.74, 6) is -0.554. The van der Waals surface area contributed by atoms with E-state index in [0.29, 0.717) is 19.3 Å². The molecule has 6 nitrogen and oxygen atoms in total. The van der Waals surface area contributed by atoms with Gasteiger partial charge in [0.2, 0.25) is 5.91 Å². The fraction of sp³-hybridized carbons (Fsp3) is 0.724. The number of esters is 1. The quantitative estimate of drug-likeness (QED) is 0.0245. The highest BCUT2D eigenvalue weighted by Gasteiger charge is 2.24. The van der Waals surface area contributed by atoms with Gasteiger partial charge in [-0.15, -0.1) is 0 Å². The van der Waals surface area contributed by atoms with Gasteiger partial charge in [0.05, 0.1) is 25.2 Å². The van der Waals surface area contributed by atoms with E-state index in [-0.39, 0.29) is 24.9 Å². The molecular formula is C58H101NO5. The lowest BCUT2D eigenvalue weighted by atomic mass is 10.0. The first-order chi connectivity index (χ1) is 31.5.